The first-order valence-corrected chi connectivity index (χ1v) is 4.04. The Morgan fingerprint density at radius 2 is 1.57 bits per heavy atom. The minimum Gasteiger partial charge on any atom is -0.400 e. The van der Waals surface area contributed by atoms with Crippen LogP contribution >= 0.6 is 0 Å². The third-order valence-corrected chi connectivity index (χ3v) is 1.15. The van der Waals surface area contributed by atoms with Crippen LogP contribution in [0.3, 0.4) is 0 Å². The zero-order valence-electron chi connectivity index (χ0n) is 9.41. The van der Waals surface area contributed by atoms with Crippen molar-refractivity contribution in [3.05, 3.63) is 23.8 Å². The predicted molar refractivity (Wildman–Crippen MR) is 55.2 cm³/mol. The number of hydrogen-bond donors (Lipinski definition) is 3. The molecule has 3 N–H and O–H groups in total. The molecule has 0 amide bonds. The Hall–Kier alpha value is 0.0743. The van der Waals surface area contributed by atoms with Crippen molar-refractivity contribution in [3.8, 4) is 0 Å². The molecule has 14 heavy (non-hydrogen) atoms. The van der Waals surface area contributed by atoms with Crippen LogP contribution in [-0.2, 0) is 21.7 Å². The molecule has 0 saturated heterocycles. The zero-order valence-corrected chi connectivity index (χ0v) is 11.0. The van der Waals surface area contributed by atoms with Gasteiger partial charge in [0, 0.05) is 43.0 Å². The molecule has 0 atom stereocenters. The molecular weight excluding hydrogens is 216 g/mol. The van der Waals surface area contributed by atoms with Gasteiger partial charge in [-0.05, 0) is 0 Å². The molecule has 0 aliphatic heterocycles. The van der Waals surface area contributed by atoms with E-state index < -0.39 is 0 Å². The quantitative estimate of drug-likeness (QED) is 0.469. The van der Waals surface area contributed by atoms with Gasteiger partial charge in [-0.15, -0.1) is 6.42 Å². The maximum atomic E-state index is 7.00. The molecule has 0 spiro atoms. The molecule has 0 saturated carbocycles. The molecule has 1 rings (SSSR count). The van der Waals surface area contributed by atoms with Crippen molar-refractivity contribution in [1.29, 1.82) is 0 Å². The summed E-state index contributed by atoms with van der Waals surface area (Å²) in [5, 5.41) is 21.0. The van der Waals surface area contributed by atoms with Crippen molar-refractivity contribution in [2.75, 3.05) is 21.3 Å². The summed E-state index contributed by atoms with van der Waals surface area (Å²) in [4.78, 5) is 0. The molecule has 0 aromatic rings. The largest absolute Gasteiger partial charge is 0.400 e. The maximum absolute atomic E-state index is 7.00. The van der Waals surface area contributed by atoms with Crippen molar-refractivity contribution >= 4 is 0 Å². The monoisotopic (exact) mass is 237 g/mol. The Labute approximate surface area is 102 Å². The first kappa shape index (κ1) is 23.7. The van der Waals surface area contributed by atoms with Crippen LogP contribution in [0.1, 0.15) is 19.8 Å². The van der Waals surface area contributed by atoms with E-state index >= 15 is 0 Å². The first-order chi connectivity index (χ1) is 6.43. The number of aliphatic hydroxyl groups is 3. The van der Waals surface area contributed by atoms with Crippen LogP contribution in [0.5, 0.6) is 0 Å². The number of hydrogen-bond acceptors (Lipinski definition) is 3. The second-order valence-corrected chi connectivity index (χ2v) is 1.66. The normalized spacial score (nSPS) is 10.1. The van der Waals surface area contributed by atoms with Gasteiger partial charge in [-0.1, -0.05) is 13.3 Å². The molecule has 0 fully saturated rings. The fourth-order valence-electron chi connectivity index (χ4n) is 0.693. The molecule has 0 unspecified atom stereocenters. The Kier molecular flexibility index (Phi) is 49.5. The second-order valence-electron chi connectivity index (χ2n) is 1.66. The van der Waals surface area contributed by atoms with Crippen molar-refractivity contribution in [3.63, 3.8) is 0 Å². The van der Waals surface area contributed by atoms with Gasteiger partial charge in [-0.25, -0.2) is 11.6 Å². The predicted octanol–water partition coefficient (Wildman–Crippen LogP) is 0.909. The molecule has 0 heterocycles. The average molecular weight is 237 g/mol. The summed E-state index contributed by atoms with van der Waals surface area (Å²) < 4.78 is 0. The zero-order chi connectivity index (χ0) is 11.1. The standard InChI is InChI=1S/C7H9.3CH4O.Ti/c1-2-7-5-3-4-6-7;3*1-2;/h3,5H,2,4H2,1H3;3*2H,1H3;/q-1;;;;. The third kappa shape index (κ3) is 18.0. The van der Waals surface area contributed by atoms with Gasteiger partial charge in [-0.2, -0.15) is 6.08 Å². The molecule has 4 heteroatoms. The van der Waals surface area contributed by atoms with Crippen molar-refractivity contribution in [2.24, 2.45) is 0 Å². The van der Waals surface area contributed by atoms with Gasteiger partial charge >= 0.3 is 0 Å². The Bertz CT molecular complexity index is 123. The van der Waals surface area contributed by atoms with Crippen molar-refractivity contribution in [2.45, 2.75) is 19.8 Å². The summed E-state index contributed by atoms with van der Waals surface area (Å²) in [6.07, 6.45) is 9.65. The summed E-state index contributed by atoms with van der Waals surface area (Å²) in [6.45, 7) is 2.15. The topological polar surface area (TPSA) is 60.7 Å². The van der Waals surface area contributed by atoms with Gasteiger partial charge in [0.05, 0.1) is 0 Å². The summed E-state index contributed by atoms with van der Waals surface area (Å²) in [6, 6.07) is 0. The first-order valence-electron chi connectivity index (χ1n) is 4.04. The van der Waals surface area contributed by atoms with Crippen LogP contribution in [0.2, 0.25) is 0 Å². The summed E-state index contributed by atoms with van der Waals surface area (Å²) in [5.74, 6) is 0. The van der Waals surface area contributed by atoms with Crippen LogP contribution in [0.4, 0.5) is 0 Å². The van der Waals surface area contributed by atoms with Gasteiger partial charge in [0.1, 0.15) is 0 Å². The SMILES string of the molecule is CCC1=[C-]CC=C1.CO.CO.CO.[Ti]. The fourth-order valence-corrected chi connectivity index (χ4v) is 0.693. The van der Waals surface area contributed by atoms with E-state index in [4.69, 9.17) is 15.3 Å². The summed E-state index contributed by atoms with van der Waals surface area (Å²) in [5.41, 5.74) is 1.36. The van der Waals surface area contributed by atoms with Crippen molar-refractivity contribution in [1.82, 2.24) is 0 Å². The molecule has 1 aliphatic rings. The van der Waals surface area contributed by atoms with Gasteiger partial charge in [0.2, 0.25) is 0 Å². The van der Waals surface area contributed by atoms with E-state index in [1.807, 2.05) is 0 Å². The Morgan fingerprint density at radius 3 is 1.71 bits per heavy atom. The van der Waals surface area contributed by atoms with Crippen molar-refractivity contribution < 1.29 is 37.0 Å². The summed E-state index contributed by atoms with van der Waals surface area (Å²) in [7, 11) is 3.00. The van der Waals surface area contributed by atoms with E-state index in [0.717, 1.165) is 34.2 Å². The van der Waals surface area contributed by atoms with E-state index in [-0.39, 0.29) is 21.7 Å². The molecule has 1 aliphatic carbocycles. The number of allylic oxidation sites excluding steroid dienone is 4. The van der Waals surface area contributed by atoms with E-state index in [2.05, 4.69) is 25.2 Å². The molecule has 0 aromatic heterocycles. The van der Waals surface area contributed by atoms with E-state index in [0.29, 0.717) is 0 Å². The molecular formula is C10H21O3Ti-. The number of rotatable bonds is 1. The van der Waals surface area contributed by atoms with E-state index in [1.165, 1.54) is 5.57 Å². The average Bonchev–Trinajstić information content (AvgIpc) is 2.79. The summed E-state index contributed by atoms with van der Waals surface area (Å²) >= 11 is 0. The molecule has 84 valence electrons. The minimum atomic E-state index is 0. The molecule has 0 aromatic carbocycles. The van der Waals surface area contributed by atoms with Gasteiger partial charge in [0.15, 0.2) is 0 Å². The smallest absolute Gasteiger partial charge is 0.0319 e. The molecule has 0 bridgehead atoms. The third-order valence-electron chi connectivity index (χ3n) is 1.15. The molecule has 0 radical (unpaired) electrons. The van der Waals surface area contributed by atoms with Gasteiger partial charge < -0.3 is 15.3 Å². The molecule has 3 nitrogen and oxygen atoms in total. The van der Waals surface area contributed by atoms with Crippen LogP contribution < -0.4 is 0 Å². The minimum absolute atomic E-state index is 0. The van der Waals surface area contributed by atoms with Crippen LogP contribution in [0, 0.1) is 6.08 Å². The van der Waals surface area contributed by atoms with Crippen LogP contribution in [0.25, 0.3) is 0 Å². The van der Waals surface area contributed by atoms with Crippen LogP contribution in [0.15, 0.2) is 17.7 Å². The fraction of sp³-hybridized carbons (Fsp3) is 0.600. The number of aliphatic hydroxyl groups excluding tert-OH is 3. The van der Waals surface area contributed by atoms with Gasteiger partial charge in [-0.3, -0.25) is 6.08 Å². The maximum Gasteiger partial charge on any atom is 0.0319 e. The Morgan fingerprint density at radius 1 is 1.14 bits per heavy atom. The van der Waals surface area contributed by atoms with Gasteiger partial charge in [0.25, 0.3) is 0 Å². The Balaban J connectivity index is -0.0000000625. The van der Waals surface area contributed by atoms with E-state index in [1.54, 1.807) is 0 Å². The van der Waals surface area contributed by atoms with E-state index in [9.17, 15) is 0 Å². The second kappa shape index (κ2) is 29.2. The van der Waals surface area contributed by atoms with Crippen LogP contribution in [-0.4, -0.2) is 36.6 Å².